The van der Waals surface area contributed by atoms with Gasteiger partial charge in [0.05, 0.1) is 19.7 Å². The van der Waals surface area contributed by atoms with Crippen LogP contribution in [0, 0.1) is 6.92 Å². The zero-order valence-corrected chi connectivity index (χ0v) is 14.4. The van der Waals surface area contributed by atoms with E-state index in [9.17, 15) is 4.79 Å². The van der Waals surface area contributed by atoms with E-state index in [1.165, 1.54) is 0 Å². The van der Waals surface area contributed by atoms with Crippen LogP contribution < -0.4 is 15.4 Å². The average molecular weight is 331 g/mol. The molecule has 0 spiro atoms. The number of amides is 1. The van der Waals surface area contributed by atoms with Crippen LogP contribution in [0.3, 0.4) is 0 Å². The van der Waals surface area contributed by atoms with Gasteiger partial charge >= 0.3 is 0 Å². The molecule has 6 heteroatoms. The Bertz CT molecular complexity index is 430. The Morgan fingerprint density at radius 3 is 2.68 bits per heavy atom. The summed E-state index contributed by atoms with van der Waals surface area (Å²) in [5, 5.41) is 5.89. The molecule has 0 aliphatic rings. The number of ether oxygens (including phenoxy) is 2. The summed E-state index contributed by atoms with van der Waals surface area (Å²) < 4.78 is 10.8. The maximum Gasteiger partial charge on any atom is 0.234 e. The number of hydrogen-bond acceptors (Lipinski definition) is 4. The van der Waals surface area contributed by atoms with Crippen LogP contribution in [0.25, 0.3) is 0 Å². The molecule has 1 atom stereocenters. The first kappa shape index (κ1) is 20.7. The van der Waals surface area contributed by atoms with E-state index in [0.717, 1.165) is 17.7 Å². The van der Waals surface area contributed by atoms with Crippen molar-refractivity contribution < 1.29 is 14.3 Å². The number of methoxy groups -OCH3 is 1. The molecule has 0 saturated heterocycles. The molecule has 0 fully saturated rings. The summed E-state index contributed by atoms with van der Waals surface area (Å²) >= 11 is 0. The van der Waals surface area contributed by atoms with Crippen molar-refractivity contribution in [3.05, 3.63) is 29.8 Å². The fourth-order valence-corrected chi connectivity index (χ4v) is 1.80. The number of carbonyl (C=O) groups excluding carboxylic acids is 1. The zero-order valence-electron chi connectivity index (χ0n) is 13.6. The molecule has 0 bridgehead atoms. The predicted octanol–water partition coefficient (Wildman–Crippen LogP) is 1.93. The van der Waals surface area contributed by atoms with Gasteiger partial charge in [0.15, 0.2) is 0 Å². The molecule has 22 heavy (non-hydrogen) atoms. The normalized spacial score (nSPS) is 11.4. The highest BCUT2D eigenvalue weighted by atomic mass is 35.5. The van der Waals surface area contributed by atoms with Crippen LogP contribution >= 0.6 is 12.4 Å². The number of rotatable bonds is 10. The monoisotopic (exact) mass is 330 g/mol. The Hall–Kier alpha value is -1.30. The van der Waals surface area contributed by atoms with E-state index < -0.39 is 0 Å². The first-order valence-electron chi connectivity index (χ1n) is 7.36. The van der Waals surface area contributed by atoms with Gasteiger partial charge in [-0.25, -0.2) is 0 Å². The van der Waals surface area contributed by atoms with E-state index in [0.29, 0.717) is 26.2 Å². The van der Waals surface area contributed by atoms with Crippen LogP contribution in [-0.4, -0.2) is 45.4 Å². The van der Waals surface area contributed by atoms with Gasteiger partial charge in [-0.05, 0) is 25.0 Å². The highest BCUT2D eigenvalue weighted by molar-refractivity contribution is 5.85. The van der Waals surface area contributed by atoms with Gasteiger partial charge in [0.2, 0.25) is 5.91 Å². The van der Waals surface area contributed by atoms with Gasteiger partial charge < -0.3 is 20.1 Å². The number of halogens is 1. The van der Waals surface area contributed by atoms with Gasteiger partial charge in [0.1, 0.15) is 11.9 Å². The Kier molecular flexibility index (Phi) is 11.5. The smallest absolute Gasteiger partial charge is 0.234 e. The number of aryl methyl sites for hydroxylation is 1. The Labute approximate surface area is 139 Å². The molecule has 1 unspecified atom stereocenters. The van der Waals surface area contributed by atoms with Crippen molar-refractivity contribution in [2.45, 2.75) is 26.4 Å². The average Bonchev–Trinajstić information content (AvgIpc) is 2.49. The van der Waals surface area contributed by atoms with Crippen molar-refractivity contribution in [2.75, 3.05) is 33.4 Å². The highest BCUT2D eigenvalue weighted by Crippen LogP contribution is 2.18. The summed E-state index contributed by atoms with van der Waals surface area (Å²) in [5.41, 5.74) is 1.10. The second-order valence-corrected chi connectivity index (χ2v) is 4.89. The lowest BCUT2D eigenvalue weighted by Crippen LogP contribution is -2.40. The maximum absolute atomic E-state index is 11.7. The molecule has 126 valence electrons. The van der Waals surface area contributed by atoms with E-state index in [1.807, 2.05) is 38.1 Å². The summed E-state index contributed by atoms with van der Waals surface area (Å²) in [6, 6.07) is 7.90. The minimum atomic E-state index is -0.0297. The van der Waals surface area contributed by atoms with Gasteiger partial charge in [0, 0.05) is 13.7 Å². The Morgan fingerprint density at radius 1 is 1.32 bits per heavy atom. The second-order valence-electron chi connectivity index (χ2n) is 4.89. The van der Waals surface area contributed by atoms with E-state index in [-0.39, 0.29) is 24.4 Å². The molecular formula is C16H27ClN2O3. The molecule has 0 heterocycles. The lowest BCUT2D eigenvalue weighted by atomic mass is 10.2. The fourth-order valence-electron chi connectivity index (χ4n) is 1.80. The largest absolute Gasteiger partial charge is 0.488 e. The number of benzene rings is 1. The number of carbonyl (C=O) groups is 1. The summed E-state index contributed by atoms with van der Waals surface area (Å²) in [6.45, 7) is 6.13. The number of para-hydroxylation sites is 1. The standard InChI is InChI=1S/C16H26N2O3.ClH/c1-4-14(21-15-8-6-5-7-13(15)2)11-18-16(19)12-17-9-10-20-3;/h5-8,14,17H,4,9-12H2,1-3H3,(H,18,19);1H. The van der Waals surface area contributed by atoms with Crippen LogP contribution in [0.2, 0.25) is 0 Å². The third-order valence-corrected chi connectivity index (χ3v) is 3.14. The van der Waals surface area contributed by atoms with Gasteiger partial charge in [-0.15, -0.1) is 12.4 Å². The van der Waals surface area contributed by atoms with Crippen LogP contribution in [0.15, 0.2) is 24.3 Å². The lowest BCUT2D eigenvalue weighted by Gasteiger charge is -2.19. The molecule has 0 aromatic heterocycles. The van der Waals surface area contributed by atoms with E-state index in [2.05, 4.69) is 10.6 Å². The molecule has 1 amide bonds. The maximum atomic E-state index is 11.7. The summed E-state index contributed by atoms with van der Waals surface area (Å²) in [7, 11) is 1.64. The van der Waals surface area contributed by atoms with E-state index in [1.54, 1.807) is 7.11 Å². The summed E-state index contributed by atoms with van der Waals surface area (Å²) in [6.07, 6.45) is 0.820. The molecule has 1 rings (SSSR count). The number of hydrogen-bond donors (Lipinski definition) is 2. The molecule has 5 nitrogen and oxygen atoms in total. The molecule has 2 N–H and O–H groups in total. The van der Waals surface area contributed by atoms with E-state index in [4.69, 9.17) is 9.47 Å². The van der Waals surface area contributed by atoms with Crippen molar-refractivity contribution in [3.8, 4) is 5.75 Å². The van der Waals surface area contributed by atoms with Crippen molar-refractivity contribution in [1.29, 1.82) is 0 Å². The lowest BCUT2D eigenvalue weighted by molar-refractivity contribution is -0.120. The highest BCUT2D eigenvalue weighted by Gasteiger charge is 2.11. The van der Waals surface area contributed by atoms with Crippen LogP contribution in [-0.2, 0) is 9.53 Å². The first-order chi connectivity index (χ1) is 10.2. The molecule has 1 aromatic carbocycles. The summed E-state index contributed by atoms with van der Waals surface area (Å²) in [5.74, 6) is 0.842. The Balaban J connectivity index is 0.00000441. The van der Waals surface area contributed by atoms with Crippen LogP contribution in [0.5, 0.6) is 5.75 Å². The van der Waals surface area contributed by atoms with E-state index >= 15 is 0 Å². The molecule has 0 aliphatic carbocycles. The second kappa shape index (κ2) is 12.3. The predicted molar refractivity (Wildman–Crippen MR) is 90.9 cm³/mol. The van der Waals surface area contributed by atoms with Crippen molar-refractivity contribution in [1.82, 2.24) is 10.6 Å². The SMILES string of the molecule is CCC(CNC(=O)CNCCOC)Oc1ccccc1C.Cl. The van der Waals surface area contributed by atoms with Gasteiger partial charge in [-0.3, -0.25) is 4.79 Å². The van der Waals surface area contributed by atoms with Crippen molar-refractivity contribution in [2.24, 2.45) is 0 Å². The third kappa shape index (κ3) is 8.22. The molecule has 0 radical (unpaired) electrons. The minimum absolute atomic E-state index is 0. The van der Waals surface area contributed by atoms with Crippen molar-refractivity contribution >= 4 is 18.3 Å². The molecule has 0 saturated carbocycles. The third-order valence-electron chi connectivity index (χ3n) is 3.14. The fraction of sp³-hybridized carbons (Fsp3) is 0.562. The van der Waals surface area contributed by atoms with Crippen molar-refractivity contribution in [3.63, 3.8) is 0 Å². The summed E-state index contributed by atoms with van der Waals surface area (Å²) in [4.78, 5) is 11.7. The topological polar surface area (TPSA) is 59.6 Å². The van der Waals surface area contributed by atoms with Crippen LogP contribution in [0.1, 0.15) is 18.9 Å². The number of nitrogens with one attached hydrogen (secondary N) is 2. The molecule has 1 aromatic rings. The van der Waals surface area contributed by atoms with Gasteiger partial charge in [-0.1, -0.05) is 25.1 Å². The molecule has 0 aliphatic heterocycles. The zero-order chi connectivity index (χ0) is 15.5. The molecular weight excluding hydrogens is 304 g/mol. The van der Waals surface area contributed by atoms with Gasteiger partial charge in [-0.2, -0.15) is 0 Å². The Morgan fingerprint density at radius 2 is 2.05 bits per heavy atom. The van der Waals surface area contributed by atoms with Gasteiger partial charge in [0.25, 0.3) is 0 Å². The quantitative estimate of drug-likeness (QED) is 0.644. The first-order valence-corrected chi connectivity index (χ1v) is 7.36. The minimum Gasteiger partial charge on any atom is -0.488 e. The van der Waals surface area contributed by atoms with Crippen LogP contribution in [0.4, 0.5) is 0 Å².